The average Bonchev–Trinajstić information content (AvgIpc) is 2.93. The summed E-state index contributed by atoms with van der Waals surface area (Å²) in [6.07, 6.45) is 0. The van der Waals surface area contributed by atoms with E-state index in [2.05, 4.69) is 5.09 Å². The predicted molar refractivity (Wildman–Crippen MR) is 166 cm³/mol. The van der Waals surface area contributed by atoms with Crippen LogP contribution in [0.25, 0.3) is 0 Å². The Balaban J connectivity index is 0.000000712. The van der Waals surface area contributed by atoms with Gasteiger partial charge in [0.05, 0.1) is 35.2 Å². The number of rotatable bonds is 16. The second-order valence-corrected chi connectivity index (χ2v) is 14.8. The summed E-state index contributed by atoms with van der Waals surface area (Å²) in [4.78, 5) is 21.7. The summed E-state index contributed by atoms with van der Waals surface area (Å²) in [5, 5.41) is 23.9. The molecule has 2 aromatic rings. The third-order valence-electron chi connectivity index (χ3n) is 4.27. The van der Waals surface area contributed by atoms with E-state index >= 15 is 0 Å². The second-order valence-electron chi connectivity index (χ2n) is 7.51. The lowest BCUT2D eigenvalue weighted by Gasteiger charge is -2.17. The number of nitro benzene ring substituents is 2. The number of nitrogens with two attached hydrogens (primary N) is 1. The van der Waals surface area contributed by atoms with Crippen LogP contribution in [0.5, 0.6) is 0 Å². The van der Waals surface area contributed by atoms with E-state index in [-0.39, 0.29) is 16.9 Å². The largest absolute Gasteiger partial charge is 0.340 e. The van der Waals surface area contributed by atoms with E-state index in [9.17, 15) is 29.4 Å². The van der Waals surface area contributed by atoms with Crippen molar-refractivity contribution in [2.75, 3.05) is 43.9 Å². The minimum atomic E-state index is -3.09. The molecule has 2 rings (SSSR count). The zero-order valence-corrected chi connectivity index (χ0v) is 27.3. The van der Waals surface area contributed by atoms with Crippen LogP contribution in [0.2, 0.25) is 0 Å². The van der Waals surface area contributed by atoms with Crippen molar-refractivity contribution >= 4 is 50.0 Å². The quantitative estimate of drug-likeness (QED) is 0.0792. The topological polar surface area (TPSA) is 186 Å². The molecule has 0 aliphatic rings. The third-order valence-corrected chi connectivity index (χ3v) is 11.9. The number of nitrogens with one attached hydrogen (secondary N) is 1. The van der Waals surface area contributed by atoms with Crippen LogP contribution in [0.15, 0.2) is 58.3 Å². The van der Waals surface area contributed by atoms with E-state index in [0.717, 1.165) is 16.3 Å². The maximum atomic E-state index is 12.3. The van der Waals surface area contributed by atoms with Crippen molar-refractivity contribution in [3.8, 4) is 0 Å². The van der Waals surface area contributed by atoms with Crippen LogP contribution in [-0.4, -0.2) is 53.7 Å². The number of hydrogen-bond acceptors (Lipinski definition) is 12. The fourth-order valence-corrected chi connectivity index (χ4v) is 9.00. The summed E-state index contributed by atoms with van der Waals surface area (Å²) in [5.74, 6) is 0. The van der Waals surface area contributed by atoms with Crippen LogP contribution in [0.3, 0.4) is 0 Å². The zero-order chi connectivity index (χ0) is 31.3. The second kappa shape index (κ2) is 21.8. The standard InChI is InChI=1S/C11H17N2O4PS.C11H16NO5PS.C2H7N/c1-3-12-18(16,17-4-2)9-19-11-7-5-10(6-8-11)13(14)15;1-3-16-18(15,17-4-2)9-19-11-7-5-10(6-8-11)12(13)14;1-2-3/h5-8H,3-4,9H2,1-2H3,(H,12,16);5-8H,3-4,9H2,1-2H3;2-3H2,1H3. The van der Waals surface area contributed by atoms with Crippen LogP contribution in [0.1, 0.15) is 34.6 Å². The fourth-order valence-electron chi connectivity index (χ4n) is 2.72. The van der Waals surface area contributed by atoms with E-state index in [4.69, 9.17) is 19.3 Å². The molecule has 0 radical (unpaired) electrons. The maximum Gasteiger partial charge on any atom is 0.340 e. The molecule has 0 saturated carbocycles. The van der Waals surface area contributed by atoms with E-state index in [1.165, 1.54) is 47.8 Å². The molecular weight excluding hydrogens is 614 g/mol. The molecule has 0 spiro atoms. The Labute approximate surface area is 250 Å². The Kier molecular flexibility index (Phi) is 20.9. The van der Waals surface area contributed by atoms with Gasteiger partial charge < -0.3 is 19.3 Å². The predicted octanol–water partition coefficient (Wildman–Crippen LogP) is 7.36. The normalized spacial score (nSPS) is 12.2. The molecule has 41 heavy (non-hydrogen) atoms. The van der Waals surface area contributed by atoms with E-state index < -0.39 is 25.0 Å². The first-order valence-electron chi connectivity index (χ1n) is 12.7. The zero-order valence-electron chi connectivity index (χ0n) is 23.9. The van der Waals surface area contributed by atoms with Crippen LogP contribution in [0, 0.1) is 20.2 Å². The highest BCUT2D eigenvalue weighted by molar-refractivity contribution is 8.05. The lowest BCUT2D eigenvalue weighted by atomic mass is 10.3. The maximum absolute atomic E-state index is 12.3. The summed E-state index contributed by atoms with van der Waals surface area (Å²) in [6.45, 7) is 11.4. The minimum Gasteiger partial charge on any atom is -0.331 e. The minimum absolute atomic E-state index is 0.0298. The van der Waals surface area contributed by atoms with Gasteiger partial charge in [-0.3, -0.25) is 29.4 Å². The van der Waals surface area contributed by atoms with Gasteiger partial charge in [0.2, 0.25) is 0 Å². The van der Waals surface area contributed by atoms with Crippen molar-refractivity contribution in [2.24, 2.45) is 5.73 Å². The van der Waals surface area contributed by atoms with Gasteiger partial charge in [-0.1, -0.05) is 13.8 Å². The Morgan fingerprint density at radius 3 is 1.41 bits per heavy atom. The average molecular weight is 655 g/mol. The number of non-ortho nitro benzene ring substituents is 2. The van der Waals surface area contributed by atoms with Gasteiger partial charge >= 0.3 is 7.60 Å². The molecule has 0 aliphatic carbocycles. The smallest absolute Gasteiger partial charge is 0.331 e. The number of thioether (sulfide) groups is 2. The molecule has 0 fully saturated rings. The molecule has 0 heterocycles. The summed E-state index contributed by atoms with van der Waals surface area (Å²) >= 11 is 2.65. The number of nitro groups is 2. The van der Waals surface area contributed by atoms with Gasteiger partial charge in [0, 0.05) is 40.6 Å². The Hall–Kier alpha value is -1.80. The third kappa shape index (κ3) is 17.0. The first-order chi connectivity index (χ1) is 19.4. The van der Waals surface area contributed by atoms with Crippen LogP contribution in [0.4, 0.5) is 11.4 Å². The van der Waals surface area contributed by atoms with E-state index in [1.54, 1.807) is 45.0 Å². The SMILES string of the molecule is CCN.CCNP(=O)(CSc1ccc([N+](=O)[O-])cc1)OCC.CCOP(=O)(CSc1ccc([N+](=O)[O-])cc1)OCC. The molecule has 232 valence electrons. The number of hydrogen-bond donors (Lipinski definition) is 2. The molecular formula is C24H40N4O9P2S2. The highest BCUT2D eigenvalue weighted by Crippen LogP contribution is 2.52. The van der Waals surface area contributed by atoms with Crippen molar-refractivity contribution in [1.82, 2.24) is 5.09 Å². The van der Waals surface area contributed by atoms with Gasteiger partial charge in [-0.25, -0.2) is 5.09 Å². The summed E-state index contributed by atoms with van der Waals surface area (Å²) < 4.78 is 40.1. The lowest BCUT2D eigenvalue weighted by molar-refractivity contribution is -0.385. The molecule has 1 unspecified atom stereocenters. The van der Waals surface area contributed by atoms with Crippen molar-refractivity contribution in [3.63, 3.8) is 0 Å². The van der Waals surface area contributed by atoms with E-state index in [0.29, 0.717) is 31.9 Å². The van der Waals surface area contributed by atoms with Crippen molar-refractivity contribution in [1.29, 1.82) is 0 Å². The molecule has 3 N–H and O–H groups in total. The molecule has 2 aromatic carbocycles. The highest BCUT2D eigenvalue weighted by Gasteiger charge is 2.24. The van der Waals surface area contributed by atoms with Crippen molar-refractivity contribution < 1.29 is 32.5 Å². The monoisotopic (exact) mass is 654 g/mol. The molecule has 0 aliphatic heterocycles. The summed E-state index contributed by atoms with van der Waals surface area (Å²) in [5.41, 5.74) is 5.41. The van der Waals surface area contributed by atoms with Crippen LogP contribution < -0.4 is 10.8 Å². The lowest BCUT2D eigenvalue weighted by Crippen LogP contribution is -2.13. The van der Waals surface area contributed by atoms with Crippen LogP contribution >= 0.6 is 38.6 Å². The molecule has 0 bridgehead atoms. The van der Waals surface area contributed by atoms with Crippen LogP contribution in [-0.2, 0) is 22.7 Å². The van der Waals surface area contributed by atoms with Crippen molar-refractivity contribution in [3.05, 3.63) is 68.8 Å². The van der Waals surface area contributed by atoms with Gasteiger partial charge in [0.1, 0.15) is 5.49 Å². The van der Waals surface area contributed by atoms with Gasteiger partial charge in [-0.05, 0) is 51.6 Å². The molecule has 0 aromatic heterocycles. The fraction of sp³-hybridized carbons (Fsp3) is 0.500. The van der Waals surface area contributed by atoms with Gasteiger partial charge in [-0.15, -0.1) is 23.5 Å². The first kappa shape index (κ1) is 39.2. The molecule has 0 saturated heterocycles. The van der Waals surface area contributed by atoms with Gasteiger partial charge in [0.25, 0.3) is 18.9 Å². The van der Waals surface area contributed by atoms with Gasteiger partial charge in [-0.2, -0.15) is 0 Å². The summed E-state index contributed by atoms with van der Waals surface area (Å²) in [6, 6.07) is 12.2. The van der Waals surface area contributed by atoms with Gasteiger partial charge in [0.15, 0.2) is 0 Å². The Bertz CT molecular complexity index is 1020. The number of nitrogens with zero attached hydrogens (tertiary/aromatic N) is 2. The highest BCUT2D eigenvalue weighted by atomic mass is 32.2. The molecule has 1 atom stereocenters. The molecule has 0 amide bonds. The summed E-state index contributed by atoms with van der Waals surface area (Å²) in [7, 11) is -5.92. The first-order valence-corrected chi connectivity index (χ1v) is 18.2. The number of benzene rings is 2. The molecule has 13 nitrogen and oxygen atoms in total. The molecule has 17 heteroatoms. The van der Waals surface area contributed by atoms with Crippen molar-refractivity contribution in [2.45, 2.75) is 44.4 Å². The Morgan fingerprint density at radius 2 is 1.10 bits per heavy atom. The Morgan fingerprint density at radius 1 is 0.732 bits per heavy atom. The van der Waals surface area contributed by atoms with E-state index in [1.807, 2.05) is 13.8 Å².